The Labute approximate surface area is 119 Å². The number of fused-ring (bicyclic) bond motifs is 1. The number of sulfone groups is 1. The van der Waals surface area contributed by atoms with E-state index < -0.39 is 27.2 Å². The molecule has 0 aliphatic rings. The number of rotatable bonds is 3. The largest absolute Gasteiger partial charge is 0.421 e. The van der Waals surface area contributed by atoms with Crippen LogP contribution >= 0.6 is 0 Å². The number of aromatic nitrogens is 1. The van der Waals surface area contributed by atoms with Gasteiger partial charge in [0, 0.05) is 22.7 Å². The Morgan fingerprint density at radius 2 is 1.90 bits per heavy atom. The summed E-state index contributed by atoms with van der Waals surface area (Å²) in [5, 5.41) is 9.80. The summed E-state index contributed by atoms with van der Waals surface area (Å²) < 4.78 is 62.5. The molecule has 21 heavy (non-hydrogen) atoms. The molecule has 0 spiro atoms. The van der Waals surface area contributed by atoms with Gasteiger partial charge in [0.15, 0.2) is 15.4 Å². The van der Waals surface area contributed by atoms with Crippen molar-refractivity contribution in [2.45, 2.75) is 30.5 Å². The van der Waals surface area contributed by atoms with Gasteiger partial charge in [0.1, 0.15) is 0 Å². The number of halogens is 3. The standard InChI is InChI=1S/C13H14F3NO3S/c1-3-21(19,20)8-4-5-11-9(6-8)10(7-17-11)12(2,18)13(14,15)16/h4-7,17-18H,3H2,1-2H3. The van der Waals surface area contributed by atoms with Crippen molar-refractivity contribution in [3.8, 4) is 0 Å². The van der Waals surface area contributed by atoms with Crippen LogP contribution in [0.25, 0.3) is 10.9 Å². The molecule has 8 heteroatoms. The summed E-state index contributed by atoms with van der Waals surface area (Å²) in [4.78, 5) is 2.54. The maximum Gasteiger partial charge on any atom is 0.421 e. The second-order valence-electron chi connectivity index (χ2n) is 4.88. The van der Waals surface area contributed by atoms with Crippen LogP contribution in [0.2, 0.25) is 0 Å². The smallest absolute Gasteiger partial charge is 0.376 e. The zero-order valence-corrected chi connectivity index (χ0v) is 12.1. The summed E-state index contributed by atoms with van der Waals surface area (Å²) >= 11 is 0. The Kier molecular flexibility index (Phi) is 3.57. The number of nitrogens with one attached hydrogen (secondary N) is 1. The Bertz CT molecular complexity index is 776. The Hall–Kier alpha value is -1.54. The fourth-order valence-corrected chi connectivity index (χ4v) is 2.92. The highest BCUT2D eigenvalue weighted by molar-refractivity contribution is 7.91. The van der Waals surface area contributed by atoms with Crippen LogP contribution in [0.15, 0.2) is 29.3 Å². The van der Waals surface area contributed by atoms with Crippen LogP contribution in [0.5, 0.6) is 0 Å². The molecule has 0 fully saturated rings. The summed E-state index contributed by atoms with van der Waals surface area (Å²) in [7, 11) is -3.54. The number of hydrogen-bond acceptors (Lipinski definition) is 3. The molecule has 4 nitrogen and oxygen atoms in total. The van der Waals surface area contributed by atoms with Crippen molar-refractivity contribution in [1.82, 2.24) is 4.98 Å². The number of alkyl halides is 3. The van der Waals surface area contributed by atoms with Gasteiger partial charge in [-0.3, -0.25) is 0 Å². The van der Waals surface area contributed by atoms with E-state index in [9.17, 15) is 26.7 Å². The average Bonchev–Trinajstić information content (AvgIpc) is 2.80. The van der Waals surface area contributed by atoms with Gasteiger partial charge in [-0.25, -0.2) is 8.42 Å². The number of aliphatic hydroxyl groups is 1. The van der Waals surface area contributed by atoms with Gasteiger partial charge in [-0.05, 0) is 25.1 Å². The molecule has 2 rings (SSSR count). The first-order valence-corrected chi connectivity index (χ1v) is 7.79. The molecule has 1 unspecified atom stereocenters. The highest BCUT2D eigenvalue weighted by Crippen LogP contribution is 2.41. The van der Waals surface area contributed by atoms with E-state index in [2.05, 4.69) is 4.98 Å². The van der Waals surface area contributed by atoms with Gasteiger partial charge in [-0.15, -0.1) is 0 Å². The minimum atomic E-state index is -4.87. The molecular weight excluding hydrogens is 307 g/mol. The Morgan fingerprint density at radius 1 is 1.29 bits per heavy atom. The van der Waals surface area contributed by atoms with Crippen molar-refractivity contribution in [2.24, 2.45) is 0 Å². The van der Waals surface area contributed by atoms with Gasteiger partial charge >= 0.3 is 6.18 Å². The van der Waals surface area contributed by atoms with E-state index in [4.69, 9.17) is 0 Å². The third kappa shape index (κ3) is 2.53. The fourth-order valence-electron chi connectivity index (χ4n) is 2.02. The summed E-state index contributed by atoms with van der Waals surface area (Å²) in [5.41, 5.74) is -3.15. The first-order valence-electron chi connectivity index (χ1n) is 6.14. The minimum absolute atomic E-state index is 0.0341. The minimum Gasteiger partial charge on any atom is -0.376 e. The summed E-state index contributed by atoms with van der Waals surface area (Å²) in [6.45, 7) is 2.08. The number of benzene rings is 1. The lowest BCUT2D eigenvalue weighted by Gasteiger charge is -2.26. The molecule has 0 aliphatic carbocycles. The summed E-state index contributed by atoms with van der Waals surface area (Å²) in [6, 6.07) is 3.86. The van der Waals surface area contributed by atoms with Gasteiger partial charge in [0.25, 0.3) is 0 Å². The average molecular weight is 321 g/mol. The Balaban J connectivity index is 2.71. The van der Waals surface area contributed by atoms with Crippen LogP contribution in [0.4, 0.5) is 13.2 Å². The van der Waals surface area contributed by atoms with Crippen LogP contribution < -0.4 is 0 Å². The highest BCUT2D eigenvalue weighted by atomic mass is 32.2. The first-order chi connectivity index (χ1) is 9.50. The second kappa shape index (κ2) is 4.74. The van der Waals surface area contributed by atoms with Crippen LogP contribution in [-0.4, -0.2) is 30.4 Å². The van der Waals surface area contributed by atoms with E-state index in [1.165, 1.54) is 19.1 Å². The summed E-state index contributed by atoms with van der Waals surface area (Å²) in [6.07, 6.45) is -3.83. The van der Waals surface area contributed by atoms with E-state index in [1.54, 1.807) is 0 Å². The van der Waals surface area contributed by atoms with Crippen molar-refractivity contribution in [3.05, 3.63) is 30.0 Å². The lowest BCUT2D eigenvalue weighted by molar-refractivity contribution is -0.258. The number of hydrogen-bond donors (Lipinski definition) is 2. The maximum absolute atomic E-state index is 12.9. The molecule has 1 aromatic carbocycles. The molecule has 0 bridgehead atoms. The van der Waals surface area contributed by atoms with Gasteiger partial charge in [0.2, 0.25) is 0 Å². The number of H-pyrrole nitrogens is 1. The first kappa shape index (κ1) is 15.8. The zero-order valence-electron chi connectivity index (χ0n) is 11.3. The van der Waals surface area contributed by atoms with E-state index in [-0.39, 0.29) is 16.0 Å². The van der Waals surface area contributed by atoms with Crippen molar-refractivity contribution >= 4 is 20.7 Å². The van der Waals surface area contributed by atoms with Crippen molar-refractivity contribution < 1.29 is 26.7 Å². The van der Waals surface area contributed by atoms with Crippen LogP contribution in [0, 0.1) is 0 Å². The predicted octanol–water partition coefficient (Wildman–Crippen LogP) is 2.73. The molecule has 2 aromatic rings. The van der Waals surface area contributed by atoms with Crippen LogP contribution in [-0.2, 0) is 15.4 Å². The molecule has 1 heterocycles. The molecule has 0 radical (unpaired) electrons. The summed E-state index contributed by atoms with van der Waals surface area (Å²) in [5.74, 6) is -0.159. The van der Waals surface area contributed by atoms with Crippen molar-refractivity contribution in [1.29, 1.82) is 0 Å². The SMILES string of the molecule is CCS(=O)(=O)c1ccc2[nH]cc(C(C)(O)C(F)(F)F)c2c1. The molecule has 0 saturated carbocycles. The van der Waals surface area contributed by atoms with E-state index in [1.807, 2.05) is 0 Å². The van der Waals surface area contributed by atoms with Gasteiger partial charge in [-0.1, -0.05) is 6.92 Å². The third-order valence-corrected chi connectivity index (χ3v) is 5.20. The predicted molar refractivity (Wildman–Crippen MR) is 71.7 cm³/mol. The Morgan fingerprint density at radius 3 is 2.43 bits per heavy atom. The molecule has 0 aliphatic heterocycles. The normalized spacial score (nSPS) is 16.1. The fraction of sp³-hybridized carbons (Fsp3) is 0.385. The zero-order chi connectivity index (χ0) is 16.1. The van der Waals surface area contributed by atoms with Crippen LogP contribution in [0.1, 0.15) is 19.4 Å². The van der Waals surface area contributed by atoms with E-state index in [0.717, 1.165) is 12.3 Å². The quantitative estimate of drug-likeness (QED) is 0.913. The number of aromatic amines is 1. The van der Waals surface area contributed by atoms with Crippen molar-refractivity contribution in [2.75, 3.05) is 5.75 Å². The molecule has 2 N–H and O–H groups in total. The van der Waals surface area contributed by atoms with Gasteiger partial charge in [-0.2, -0.15) is 13.2 Å². The second-order valence-corrected chi connectivity index (χ2v) is 7.16. The van der Waals surface area contributed by atoms with E-state index >= 15 is 0 Å². The molecule has 0 amide bonds. The topological polar surface area (TPSA) is 70.2 Å². The van der Waals surface area contributed by atoms with Gasteiger partial charge in [0.05, 0.1) is 10.6 Å². The van der Waals surface area contributed by atoms with Crippen LogP contribution in [0.3, 0.4) is 0 Å². The molecule has 1 atom stereocenters. The monoisotopic (exact) mass is 321 g/mol. The highest BCUT2D eigenvalue weighted by Gasteiger charge is 2.52. The lowest BCUT2D eigenvalue weighted by atomic mass is 9.95. The third-order valence-electron chi connectivity index (χ3n) is 3.47. The molecule has 1 aromatic heterocycles. The molecule has 0 saturated heterocycles. The molecular formula is C13H14F3NO3S. The molecule has 116 valence electrons. The lowest BCUT2D eigenvalue weighted by Crippen LogP contribution is -2.39. The van der Waals surface area contributed by atoms with Gasteiger partial charge < -0.3 is 10.1 Å². The maximum atomic E-state index is 12.9. The van der Waals surface area contributed by atoms with Crippen molar-refractivity contribution in [3.63, 3.8) is 0 Å². The van der Waals surface area contributed by atoms with E-state index in [0.29, 0.717) is 12.4 Å².